The van der Waals surface area contributed by atoms with Gasteiger partial charge >= 0.3 is 0 Å². The van der Waals surface area contributed by atoms with Gasteiger partial charge in [-0.2, -0.15) is 5.10 Å². The highest BCUT2D eigenvalue weighted by Crippen LogP contribution is 2.37. The number of hydrogen-bond donors (Lipinski definition) is 0. The van der Waals surface area contributed by atoms with Crippen LogP contribution in [0.4, 0.5) is 0 Å². The maximum absolute atomic E-state index is 13.1. The Balaban J connectivity index is 1.78. The van der Waals surface area contributed by atoms with Gasteiger partial charge < -0.3 is 4.74 Å². The number of aromatic nitrogens is 2. The van der Waals surface area contributed by atoms with E-state index in [2.05, 4.69) is 6.92 Å². The van der Waals surface area contributed by atoms with Gasteiger partial charge in [0.2, 0.25) is 0 Å². The second kappa shape index (κ2) is 10.8. The third kappa shape index (κ3) is 5.06. The van der Waals surface area contributed by atoms with Crippen molar-refractivity contribution in [2.75, 3.05) is 6.61 Å². The molecule has 176 valence electrons. The maximum atomic E-state index is 13.1. The number of thiocarbonyl (C=S) groups is 1. The average molecular weight is 512 g/mol. The highest BCUT2D eigenvalue weighted by molar-refractivity contribution is 8.26. The van der Waals surface area contributed by atoms with E-state index in [9.17, 15) is 4.79 Å². The van der Waals surface area contributed by atoms with Gasteiger partial charge in [-0.1, -0.05) is 67.6 Å². The Labute approximate surface area is 214 Å². The number of carbonyl (C=O) groups excluding carboxylic acids is 1. The number of hydrogen-bond acceptors (Lipinski definition) is 5. The van der Waals surface area contributed by atoms with E-state index < -0.39 is 0 Å². The molecule has 0 N–H and O–H groups in total. The van der Waals surface area contributed by atoms with Gasteiger partial charge in [0.25, 0.3) is 5.91 Å². The number of benzene rings is 2. The van der Waals surface area contributed by atoms with Gasteiger partial charge in [-0.15, -0.1) is 0 Å². The predicted molar refractivity (Wildman–Crippen MR) is 145 cm³/mol. The van der Waals surface area contributed by atoms with E-state index in [0.29, 0.717) is 26.6 Å². The van der Waals surface area contributed by atoms with Crippen LogP contribution < -0.4 is 4.74 Å². The average Bonchev–Trinajstić information content (AvgIpc) is 3.39. The largest absolute Gasteiger partial charge is 0.492 e. The number of ether oxygens (including phenoxy) is 1. The van der Waals surface area contributed by atoms with E-state index in [1.807, 2.05) is 79.3 Å². The number of nitrogens with zero attached hydrogens (tertiary/aromatic N) is 3. The summed E-state index contributed by atoms with van der Waals surface area (Å²) < 4.78 is 8.12. The summed E-state index contributed by atoms with van der Waals surface area (Å²) in [4.78, 5) is 15.4. The molecule has 8 heteroatoms. The van der Waals surface area contributed by atoms with E-state index >= 15 is 0 Å². The van der Waals surface area contributed by atoms with Crippen LogP contribution >= 0.6 is 35.6 Å². The minimum atomic E-state index is -0.0656. The van der Waals surface area contributed by atoms with Gasteiger partial charge in [-0.3, -0.25) is 9.69 Å². The molecule has 1 unspecified atom stereocenters. The van der Waals surface area contributed by atoms with Crippen LogP contribution in [-0.4, -0.2) is 37.6 Å². The Morgan fingerprint density at radius 1 is 1.21 bits per heavy atom. The number of rotatable bonds is 8. The molecule has 0 spiro atoms. The summed E-state index contributed by atoms with van der Waals surface area (Å²) >= 11 is 13.3. The predicted octanol–water partition coefficient (Wildman–Crippen LogP) is 6.98. The zero-order chi connectivity index (χ0) is 24.2. The van der Waals surface area contributed by atoms with E-state index in [-0.39, 0.29) is 11.9 Å². The first-order valence-corrected chi connectivity index (χ1v) is 12.9. The Hall–Kier alpha value is -2.61. The van der Waals surface area contributed by atoms with E-state index in [0.717, 1.165) is 35.3 Å². The first-order valence-electron chi connectivity index (χ1n) is 11.3. The van der Waals surface area contributed by atoms with Crippen molar-refractivity contribution < 1.29 is 9.53 Å². The molecular formula is C26H26ClN3O2S2. The van der Waals surface area contributed by atoms with Crippen molar-refractivity contribution in [3.05, 3.63) is 70.2 Å². The zero-order valence-electron chi connectivity index (χ0n) is 19.3. The summed E-state index contributed by atoms with van der Waals surface area (Å²) in [6.07, 6.45) is 5.54. The van der Waals surface area contributed by atoms with Crippen molar-refractivity contribution in [2.24, 2.45) is 0 Å². The molecule has 1 atom stereocenters. The number of halogens is 1. The molecule has 0 aliphatic carbocycles. The molecule has 1 aliphatic rings. The van der Waals surface area contributed by atoms with Crippen molar-refractivity contribution in [3.8, 4) is 22.7 Å². The lowest BCUT2D eigenvalue weighted by Gasteiger charge is -2.21. The summed E-state index contributed by atoms with van der Waals surface area (Å²) in [5.74, 6) is 0.579. The Kier molecular flexibility index (Phi) is 7.76. The summed E-state index contributed by atoms with van der Waals surface area (Å²) in [7, 11) is 0. The molecule has 1 aromatic heterocycles. The van der Waals surface area contributed by atoms with Crippen molar-refractivity contribution in [2.45, 2.75) is 39.7 Å². The molecule has 5 nitrogen and oxygen atoms in total. The third-order valence-electron chi connectivity index (χ3n) is 5.57. The lowest BCUT2D eigenvalue weighted by molar-refractivity contribution is -0.123. The van der Waals surface area contributed by atoms with Gasteiger partial charge in [-0.05, 0) is 56.2 Å². The Bertz CT molecular complexity index is 1240. The van der Waals surface area contributed by atoms with Crippen LogP contribution in [0.2, 0.25) is 5.02 Å². The van der Waals surface area contributed by atoms with Gasteiger partial charge in [-0.25, -0.2) is 4.68 Å². The standard InChI is InChI=1S/C26H26ClN3O2S2/c1-4-13-32-22-12-11-18(14-21(22)27)24-19(16-29(28-24)20-9-7-6-8-10-20)15-23-25(31)30(17(3)5-2)26(33)34-23/h6-12,14-17H,4-5,13H2,1-3H3. The SMILES string of the molecule is CCCOc1ccc(-c2nn(-c3ccccc3)cc2C=C2SC(=S)N(C(C)CC)C2=O)cc1Cl. The fraction of sp³-hybridized carbons (Fsp3) is 0.269. The molecule has 1 aliphatic heterocycles. The molecule has 2 heterocycles. The number of para-hydroxylation sites is 1. The van der Waals surface area contributed by atoms with Crippen molar-refractivity contribution >= 4 is 51.9 Å². The Morgan fingerprint density at radius 2 is 1.97 bits per heavy atom. The lowest BCUT2D eigenvalue weighted by atomic mass is 10.1. The van der Waals surface area contributed by atoms with Gasteiger partial charge in [0.1, 0.15) is 15.8 Å². The van der Waals surface area contributed by atoms with Crippen LogP contribution in [-0.2, 0) is 4.79 Å². The summed E-state index contributed by atoms with van der Waals surface area (Å²) in [5.41, 5.74) is 3.30. The number of carbonyl (C=O) groups is 1. The van der Waals surface area contributed by atoms with Crippen LogP contribution in [0.25, 0.3) is 23.0 Å². The molecule has 0 radical (unpaired) electrons. The number of amides is 1. The second-order valence-electron chi connectivity index (χ2n) is 8.02. The van der Waals surface area contributed by atoms with Crippen LogP contribution in [0.15, 0.2) is 59.6 Å². The van der Waals surface area contributed by atoms with Crippen LogP contribution in [0.3, 0.4) is 0 Å². The van der Waals surface area contributed by atoms with Crippen molar-refractivity contribution in [1.29, 1.82) is 0 Å². The van der Waals surface area contributed by atoms with E-state index in [1.165, 1.54) is 11.8 Å². The monoisotopic (exact) mass is 511 g/mol. The highest BCUT2D eigenvalue weighted by Gasteiger charge is 2.35. The van der Waals surface area contributed by atoms with E-state index in [4.69, 9.17) is 33.7 Å². The first-order chi connectivity index (χ1) is 16.4. The van der Waals surface area contributed by atoms with Gasteiger partial charge in [0.05, 0.1) is 22.2 Å². The molecule has 4 rings (SSSR count). The summed E-state index contributed by atoms with van der Waals surface area (Å²) in [5, 5.41) is 5.37. The van der Waals surface area contributed by atoms with Gasteiger partial charge in [0.15, 0.2) is 0 Å². The number of thioether (sulfide) groups is 1. The molecule has 2 aromatic carbocycles. The second-order valence-corrected chi connectivity index (χ2v) is 10.1. The van der Waals surface area contributed by atoms with E-state index in [1.54, 1.807) is 4.90 Å². The molecular weight excluding hydrogens is 486 g/mol. The van der Waals surface area contributed by atoms with Crippen molar-refractivity contribution in [3.63, 3.8) is 0 Å². The fourth-order valence-corrected chi connectivity index (χ4v) is 5.28. The Morgan fingerprint density at radius 3 is 2.65 bits per heavy atom. The zero-order valence-corrected chi connectivity index (χ0v) is 21.7. The van der Waals surface area contributed by atoms with Gasteiger partial charge in [0, 0.05) is 23.4 Å². The molecule has 34 heavy (non-hydrogen) atoms. The van der Waals surface area contributed by atoms with Crippen LogP contribution in [0, 0.1) is 0 Å². The molecule has 0 saturated carbocycles. The molecule has 0 bridgehead atoms. The minimum Gasteiger partial charge on any atom is -0.492 e. The minimum absolute atomic E-state index is 0.0550. The normalized spacial score (nSPS) is 15.9. The maximum Gasteiger partial charge on any atom is 0.266 e. The first kappa shape index (κ1) is 24.5. The topological polar surface area (TPSA) is 47.4 Å². The van der Waals surface area contributed by atoms with Crippen molar-refractivity contribution in [1.82, 2.24) is 14.7 Å². The molecule has 1 fully saturated rings. The highest BCUT2D eigenvalue weighted by atomic mass is 35.5. The molecule has 1 amide bonds. The summed E-state index contributed by atoms with van der Waals surface area (Å²) in [6.45, 7) is 6.71. The van der Waals surface area contributed by atoms with Crippen LogP contribution in [0.5, 0.6) is 5.75 Å². The smallest absolute Gasteiger partial charge is 0.266 e. The lowest BCUT2D eigenvalue weighted by Crippen LogP contribution is -2.36. The molecule has 1 saturated heterocycles. The quantitative estimate of drug-likeness (QED) is 0.241. The summed E-state index contributed by atoms with van der Waals surface area (Å²) in [6, 6.07) is 15.6. The fourth-order valence-electron chi connectivity index (χ4n) is 3.59. The van der Waals surface area contributed by atoms with Crippen LogP contribution in [0.1, 0.15) is 39.2 Å². The third-order valence-corrected chi connectivity index (χ3v) is 7.20. The molecule has 3 aromatic rings.